The molecule has 0 unspecified atom stereocenters. The van der Waals surface area contributed by atoms with E-state index in [9.17, 15) is 0 Å². The second-order valence-corrected chi connectivity index (χ2v) is 5.13. The molecule has 0 aliphatic heterocycles. The first kappa shape index (κ1) is 13.6. The highest BCUT2D eigenvalue weighted by Gasteiger charge is 2.05. The zero-order chi connectivity index (χ0) is 14.5. The van der Waals surface area contributed by atoms with Gasteiger partial charge >= 0.3 is 0 Å². The van der Waals surface area contributed by atoms with Gasteiger partial charge in [-0.15, -0.1) is 0 Å². The van der Waals surface area contributed by atoms with Crippen molar-refractivity contribution in [2.45, 2.75) is 13.0 Å². The van der Waals surface area contributed by atoms with Crippen molar-refractivity contribution in [2.75, 3.05) is 6.54 Å². The van der Waals surface area contributed by atoms with Gasteiger partial charge in [-0.1, -0.05) is 54.6 Å². The molecule has 0 radical (unpaired) electrons. The van der Waals surface area contributed by atoms with Gasteiger partial charge in [0.05, 0.1) is 18.2 Å². The molecule has 1 heterocycles. The lowest BCUT2D eigenvalue weighted by Gasteiger charge is -2.09. The highest BCUT2D eigenvalue weighted by atomic mass is 15.0. The molecule has 0 aliphatic carbocycles. The first-order valence-corrected chi connectivity index (χ1v) is 7.20. The molecular formula is C18H19N3. The van der Waals surface area contributed by atoms with Crippen LogP contribution in [0.2, 0.25) is 0 Å². The van der Waals surface area contributed by atoms with Crippen LogP contribution in [0.15, 0.2) is 67.1 Å². The number of benzene rings is 2. The summed E-state index contributed by atoms with van der Waals surface area (Å²) in [6.07, 6.45) is 4.73. The number of aromatic nitrogens is 2. The summed E-state index contributed by atoms with van der Waals surface area (Å²) < 4.78 is 2.17. The minimum Gasteiger partial charge on any atom is -0.330 e. The van der Waals surface area contributed by atoms with Crippen LogP contribution in [0.1, 0.15) is 11.1 Å². The number of hydrogen-bond donors (Lipinski definition) is 1. The lowest BCUT2D eigenvalue weighted by Crippen LogP contribution is -2.03. The van der Waals surface area contributed by atoms with Gasteiger partial charge in [-0.2, -0.15) is 0 Å². The van der Waals surface area contributed by atoms with Crippen molar-refractivity contribution in [1.82, 2.24) is 9.55 Å². The number of nitrogens with zero attached hydrogens (tertiary/aromatic N) is 2. The molecule has 0 fully saturated rings. The summed E-state index contributed by atoms with van der Waals surface area (Å²) in [6, 6.07) is 19.0. The molecule has 21 heavy (non-hydrogen) atoms. The van der Waals surface area contributed by atoms with Gasteiger partial charge in [-0.3, -0.25) is 0 Å². The van der Waals surface area contributed by atoms with E-state index in [1.807, 2.05) is 30.7 Å². The lowest BCUT2D eigenvalue weighted by molar-refractivity contribution is 0.803. The number of imidazole rings is 1. The van der Waals surface area contributed by atoms with Crippen molar-refractivity contribution in [3.63, 3.8) is 0 Å². The fraction of sp³-hybridized carbons (Fsp3) is 0.167. The Balaban J connectivity index is 1.81. The molecule has 0 atom stereocenters. The van der Waals surface area contributed by atoms with Crippen LogP contribution in [0.3, 0.4) is 0 Å². The summed E-state index contributed by atoms with van der Waals surface area (Å²) in [7, 11) is 0. The second kappa shape index (κ2) is 6.37. The smallest absolute Gasteiger partial charge is 0.0954 e. The summed E-state index contributed by atoms with van der Waals surface area (Å²) >= 11 is 0. The third-order valence-corrected chi connectivity index (χ3v) is 3.59. The molecule has 0 spiro atoms. The quantitative estimate of drug-likeness (QED) is 0.778. The van der Waals surface area contributed by atoms with E-state index in [0.717, 1.165) is 18.7 Å². The van der Waals surface area contributed by atoms with Crippen molar-refractivity contribution >= 4 is 0 Å². The molecule has 1 aromatic heterocycles. The highest BCUT2D eigenvalue weighted by Crippen LogP contribution is 2.19. The van der Waals surface area contributed by atoms with Crippen LogP contribution in [0.25, 0.3) is 11.3 Å². The van der Waals surface area contributed by atoms with Gasteiger partial charge in [-0.25, -0.2) is 4.98 Å². The molecule has 0 saturated carbocycles. The SMILES string of the molecule is NCCc1ccc(Cn2cncc2-c2ccccc2)cc1. The molecule has 0 saturated heterocycles. The predicted molar refractivity (Wildman–Crippen MR) is 86.0 cm³/mol. The molecule has 2 aromatic carbocycles. The topological polar surface area (TPSA) is 43.8 Å². The summed E-state index contributed by atoms with van der Waals surface area (Å²) in [5.41, 5.74) is 10.5. The first-order chi connectivity index (χ1) is 10.4. The Bertz CT molecular complexity index is 684. The van der Waals surface area contributed by atoms with Crippen LogP contribution in [-0.4, -0.2) is 16.1 Å². The van der Waals surface area contributed by atoms with E-state index in [1.165, 1.54) is 16.7 Å². The number of rotatable bonds is 5. The lowest BCUT2D eigenvalue weighted by atomic mass is 10.1. The van der Waals surface area contributed by atoms with Crippen LogP contribution in [0.5, 0.6) is 0 Å². The van der Waals surface area contributed by atoms with Crippen molar-refractivity contribution in [3.8, 4) is 11.3 Å². The first-order valence-electron chi connectivity index (χ1n) is 7.20. The van der Waals surface area contributed by atoms with Gasteiger partial charge in [0.2, 0.25) is 0 Å². The normalized spacial score (nSPS) is 10.7. The fourth-order valence-corrected chi connectivity index (χ4v) is 2.47. The zero-order valence-corrected chi connectivity index (χ0v) is 11.9. The van der Waals surface area contributed by atoms with Crippen molar-refractivity contribution in [2.24, 2.45) is 5.73 Å². The molecular weight excluding hydrogens is 258 g/mol. The minimum absolute atomic E-state index is 0.693. The Morgan fingerprint density at radius 1 is 0.905 bits per heavy atom. The standard InChI is InChI=1S/C18H19N3/c19-11-10-15-6-8-16(9-7-15)13-21-14-20-12-18(21)17-4-2-1-3-5-17/h1-9,12,14H,10-11,13,19H2. The Labute approximate surface area is 125 Å². The van der Waals surface area contributed by atoms with Crippen LogP contribution in [0.4, 0.5) is 0 Å². The molecule has 106 valence electrons. The van der Waals surface area contributed by atoms with E-state index in [1.54, 1.807) is 0 Å². The van der Waals surface area contributed by atoms with E-state index in [-0.39, 0.29) is 0 Å². The fourth-order valence-electron chi connectivity index (χ4n) is 2.47. The minimum atomic E-state index is 0.693. The summed E-state index contributed by atoms with van der Waals surface area (Å²) in [6.45, 7) is 1.52. The molecule has 0 bridgehead atoms. The Hall–Kier alpha value is -2.39. The third kappa shape index (κ3) is 3.20. The number of nitrogens with two attached hydrogens (primary N) is 1. The van der Waals surface area contributed by atoms with Gasteiger partial charge < -0.3 is 10.3 Å². The van der Waals surface area contributed by atoms with E-state index in [0.29, 0.717) is 6.54 Å². The van der Waals surface area contributed by atoms with E-state index in [4.69, 9.17) is 5.73 Å². The maximum absolute atomic E-state index is 5.58. The van der Waals surface area contributed by atoms with E-state index < -0.39 is 0 Å². The van der Waals surface area contributed by atoms with Crippen LogP contribution >= 0.6 is 0 Å². The van der Waals surface area contributed by atoms with Gasteiger partial charge in [0.25, 0.3) is 0 Å². The van der Waals surface area contributed by atoms with E-state index >= 15 is 0 Å². The third-order valence-electron chi connectivity index (χ3n) is 3.59. The van der Waals surface area contributed by atoms with Crippen molar-refractivity contribution in [1.29, 1.82) is 0 Å². The van der Waals surface area contributed by atoms with Gasteiger partial charge in [0.15, 0.2) is 0 Å². The molecule has 3 nitrogen and oxygen atoms in total. The Morgan fingerprint density at radius 3 is 2.33 bits per heavy atom. The van der Waals surface area contributed by atoms with Crippen LogP contribution < -0.4 is 5.73 Å². The number of hydrogen-bond acceptors (Lipinski definition) is 2. The van der Waals surface area contributed by atoms with Crippen LogP contribution in [0, 0.1) is 0 Å². The van der Waals surface area contributed by atoms with Gasteiger partial charge in [-0.05, 0) is 29.7 Å². The van der Waals surface area contributed by atoms with Crippen LogP contribution in [-0.2, 0) is 13.0 Å². The largest absolute Gasteiger partial charge is 0.330 e. The van der Waals surface area contributed by atoms with Gasteiger partial charge in [0.1, 0.15) is 0 Å². The molecule has 3 rings (SSSR count). The highest BCUT2D eigenvalue weighted by molar-refractivity contribution is 5.58. The van der Waals surface area contributed by atoms with Crippen molar-refractivity contribution in [3.05, 3.63) is 78.2 Å². The predicted octanol–water partition coefficient (Wildman–Crippen LogP) is 3.10. The molecule has 3 aromatic rings. The molecule has 0 amide bonds. The Kier molecular flexibility index (Phi) is 4.12. The summed E-state index contributed by atoms with van der Waals surface area (Å²) in [4.78, 5) is 4.29. The maximum Gasteiger partial charge on any atom is 0.0954 e. The maximum atomic E-state index is 5.58. The average molecular weight is 277 g/mol. The second-order valence-electron chi connectivity index (χ2n) is 5.13. The molecule has 0 aliphatic rings. The van der Waals surface area contributed by atoms with E-state index in [2.05, 4.69) is 45.9 Å². The molecule has 2 N–H and O–H groups in total. The summed E-state index contributed by atoms with van der Waals surface area (Å²) in [5, 5.41) is 0. The van der Waals surface area contributed by atoms with Gasteiger partial charge in [0, 0.05) is 6.54 Å². The molecule has 3 heteroatoms. The average Bonchev–Trinajstić information content (AvgIpc) is 2.98. The van der Waals surface area contributed by atoms with Crippen molar-refractivity contribution < 1.29 is 0 Å². The zero-order valence-electron chi connectivity index (χ0n) is 11.9. The monoisotopic (exact) mass is 277 g/mol. The Morgan fingerprint density at radius 2 is 1.62 bits per heavy atom. The summed E-state index contributed by atoms with van der Waals surface area (Å²) in [5.74, 6) is 0.